The molecule has 2 N–H and O–H groups in total. The van der Waals surface area contributed by atoms with Crippen LogP contribution in [0.15, 0.2) is 47.1 Å². The second-order valence-electron chi connectivity index (χ2n) is 7.33. The third-order valence-electron chi connectivity index (χ3n) is 5.04. The molecule has 0 amide bonds. The molecular weight excluding hydrogens is 392 g/mol. The summed E-state index contributed by atoms with van der Waals surface area (Å²) in [6, 6.07) is 0. The molecular formula is C22H28O8. The zero-order chi connectivity index (χ0) is 22.3. The molecule has 2 aliphatic rings. The van der Waals surface area contributed by atoms with Crippen LogP contribution in [-0.2, 0) is 28.6 Å². The zero-order valence-electron chi connectivity index (χ0n) is 17.3. The summed E-state index contributed by atoms with van der Waals surface area (Å²) >= 11 is 0. The van der Waals surface area contributed by atoms with Crippen molar-refractivity contribution in [1.29, 1.82) is 0 Å². The summed E-state index contributed by atoms with van der Waals surface area (Å²) in [6.45, 7) is 6.04. The third kappa shape index (κ3) is 6.14. The van der Waals surface area contributed by atoms with Gasteiger partial charge in [0.25, 0.3) is 0 Å². The van der Waals surface area contributed by atoms with Crippen molar-refractivity contribution in [3.8, 4) is 0 Å². The number of allylic oxidation sites excluding steroid dienone is 2. The number of rotatable bonds is 6. The first-order chi connectivity index (χ1) is 14.3. The molecule has 0 spiro atoms. The van der Waals surface area contributed by atoms with Crippen LogP contribution in [0.1, 0.15) is 33.1 Å². The summed E-state index contributed by atoms with van der Waals surface area (Å²) in [6.07, 6.45) is 5.04. The van der Waals surface area contributed by atoms with E-state index >= 15 is 0 Å². The molecule has 2 rings (SSSR count). The van der Waals surface area contributed by atoms with E-state index in [0.29, 0.717) is 6.42 Å². The van der Waals surface area contributed by atoms with Crippen LogP contribution in [0.25, 0.3) is 0 Å². The number of esters is 3. The third-order valence-corrected chi connectivity index (χ3v) is 5.04. The van der Waals surface area contributed by atoms with Gasteiger partial charge in [0.2, 0.25) is 0 Å². The predicted octanol–water partition coefficient (Wildman–Crippen LogP) is 1.53. The van der Waals surface area contributed by atoms with Crippen molar-refractivity contribution >= 4 is 17.9 Å². The van der Waals surface area contributed by atoms with E-state index in [1.165, 1.54) is 6.92 Å². The number of ether oxygens (including phenoxy) is 3. The van der Waals surface area contributed by atoms with Crippen molar-refractivity contribution in [3.63, 3.8) is 0 Å². The maximum atomic E-state index is 12.6. The number of fused-ring (bicyclic) bond motifs is 1. The molecule has 0 bridgehead atoms. The van der Waals surface area contributed by atoms with Crippen molar-refractivity contribution < 1.29 is 38.8 Å². The van der Waals surface area contributed by atoms with E-state index < -0.39 is 49.2 Å². The van der Waals surface area contributed by atoms with Gasteiger partial charge in [0.15, 0.2) is 0 Å². The SMILES string of the molecule is C=C1C(=O)O[C@@H]2/C=C(\C)CC/C=C(\COC(C)=O)C[C@@H](OC(=O)/C(=C/CO)CO)[C@@H]12. The normalized spacial score (nSPS) is 28.4. The van der Waals surface area contributed by atoms with Crippen molar-refractivity contribution in [3.05, 3.63) is 47.1 Å². The van der Waals surface area contributed by atoms with Crippen molar-refractivity contribution in [2.75, 3.05) is 19.8 Å². The minimum Gasteiger partial charge on any atom is -0.461 e. The largest absolute Gasteiger partial charge is 0.461 e. The van der Waals surface area contributed by atoms with Gasteiger partial charge in [0.05, 0.1) is 24.7 Å². The van der Waals surface area contributed by atoms with E-state index in [0.717, 1.165) is 23.6 Å². The Hall–Kier alpha value is -2.71. The summed E-state index contributed by atoms with van der Waals surface area (Å²) in [7, 11) is 0. The van der Waals surface area contributed by atoms with Gasteiger partial charge in [-0.3, -0.25) is 4.79 Å². The lowest BCUT2D eigenvalue weighted by atomic mass is 9.85. The summed E-state index contributed by atoms with van der Waals surface area (Å²) < 4.78 is 16.2. The Morgan fingerprint density at radius 2 is 2.10 bits per heavy atom. The second kappa shape index (κ2) is 10.9. The molecule has 0 aromatic carbocycles. The number of aliphatic hydroxyl groups excluding tert-OH is 2. The monoisotopic (exact) mass is 420 g/mol. The Bertz CT molecular complexity index is 789. The average molecular weight is 420 g/mol. The van der Waals surface area contributed by atoms with Gasteiger partial charge in [-0.2, -0.15) is 0 Å². The molecule has 164 valence electrons. The van der Waals surface area contributed by atoms with E-state index in [-0.39, 0.29) is 24.2 Å². The Kier molecular flexibility index (Phi) is 8.56. The lowest BCUT2D eigenvalue weighted by Crippen LogP contribution is -2.34. The highest BCUT2D eigenvalue weighted by Gasteiger charge is 2.44. The molecule has 8 heteroatoms. The van der Waals surface area contributed by atoms with Gasteiger partial charge in [-0.25, -0.2) is 9.59 Å². The predicted molar refractivity (Wildman–Crippen MR) is 107 cm³/mol. The number of carbonyl (C=O) groups is 3. The molecule has 30 heavy (non-hydrogen) atoms. The molecule has 0 radical (unpaired) electrons. The average Bonchev–Trinajstić information content (AvgIpc) is 2.96. The second-order valence-corrected chi connectivity index (χ2v) is 7.33. The van der Waals surface area contributed by atoms with Crippen LogP contribution in [0.4, 0.5) is 0 Å². The van der Waals surface area contributed by atoms with E-state index in [1.807, 2.05) is 19.1 Å². The van der Waals surface area contributed by atoms with E-state index in [4.69, 9.17) is 19.3 Å². The van der Waals surface area contributed by atoms with Gasteiger partial charge in [-0.15, -0.1) is 0 Å². The number of hydrogen-bond donors (Lipinski definition) is 2. The van der Waals surface area contributed by atoms with Crippen LogP contribution < -0.4 is 0 Å². The maximum absolute atomic E-state index is 12.6. The molecule has 1 saturated heterocycles. The lowest BCUT2D eigenvalue weighted by Gasteiger charge is -2.28. The molecule has 0 aromatic rings. The topological polar surface area (TPSA) is 119 Å². The number of hydrogen-bond acceptors (Lipinski definition) is 8. The van der Waals surface area contributed by atoms with Gasteiger partial charge in [-0.05, 0) is 37.5 Å². The molecule has 1 heterocycles. The molecule has 0 aromatic heterocycles. The summed E-state index contributed by atoms with van der Waals surface area (Å²) in [4.78, 5) is 36.0. The number of aliphatic hydroxyl groups is 2. The summed E-state index contributed by atoms with van der Waals surface area (Å²) in [5.74, 6) is -2.45. The van der Waals surface area contributed by atoms with Crippen molar-refractivity contribution in [2.24, 2.45) is 5.92 Å². The van der Waals surface area contributed by atoms with E-state index in [2.05, 4.69) is 6.58 Å². The molecule has 1 aliphatic heterocycles. The first-order valence-corrected chi connectivity index (χ1v) is 9.76. The smallest absolute Gasteiger partial charge is 0.336 e. The zero-order valence-corrected chi connectivity index (χ0v) is 17.3. The standard InChI is InChI=1S/C22H28O8/c1-13-5-4-6-16(12-28-15(3)25)10-19(30-22(27)17(11-24)7-8-23)20-14(2)21(26)29-18(20)9-13/h6-7,9,18-20,23-24H,2,4-5,8,10-12H2,1,3H3/b13-9+,16-6-,17-7+/t18-,19-,20+/m1/s1. The Balaban J connectivity index is 2.40. The van der Waals surface area contributed by atoms with Crippen LogP contribution in [0, 0.1) is 5.92 Å². The molecule has 1 fully saturated rings. The molecule has 8 nitrogen and oxygen atoms in total. The fourth-order valence-electron chi connectivity index (χ4n) is 3.48. The number of carbonyl (C=O) groups excluding carboxylic acids is 3. The fourth-order valence-corrected chi connectivity index (χ4v) is 3.48. The van der Waals surface area contributed by atoms with Gasteiger partial charge >= 0.3 is 17.9 Å². The van der Waals surface area contributed by atoms with Crippen LogP contribution in [0.2, 0.25) is 0 Å². The highest BCUT2D eigenvalue weighted by Crippen LogP contribution is 2.36. The minimum atomic E-state index is -0.848. The van der Waals surface area contributed by atoms with Gasteiger partial charge < -0.3 is 24.4 Å². The van der Waals surface area contributed by atoms with Crippen LogP contribution in [-0.4, -0.2) is 60.1 Å². The van der Waals surface area contributed by atoms with Gasteiger partial charge in [0, 0.05) is 18.9 Å². The first-order valence-electron chi connectivity index (χ1n) is 9.76. The summed E-state index contributed by atoms with van der Waals surface area (Å²) in [5, 5.41) is 18.5. The molecule has 0 unspecified atom stereocenters. The molecule has 3 atom stereocenters. The highest BCUT2D eigenvalue weighted by molar-refractivity contribution is 5.92. The lowest BCUT2D eigenvalue weighted by molar-refractivity contribution is -0.148. The van der Waals surface area contributed by atoms with E-state index in [9.17, 15) is 19.5 Å². The van der Waals surface area contributed by atoms with Crippen LogP contribution in [0.3, 0.4) is 0 Å². The maximum Gasteiger partial charge on any atom is 0.336 e. The van der Waals surface area contributed by atoms with E-state index in [1.54, 1.807) is 0 Å². The van der Waals surface area contributed by atoms with Gasteiger partial charge in [0.1, 0.15) is 18.8 Å². The molecule has 1 aliphatic carbocycles. The quantitative estimate of drug-likeness (QED) is 0.287. The highest BCUT2D eigenvalue weighted by atomic mass is 16.6. The van der Waals surface area contributed by atoms with Gasteiger partial charge in [-0.1, -0.05) is 18.2 Å². The van der Waals surface area contributed by atoms with Crippen LogP contribution in [0.5, 0.6) is 0 Å². The Morgan fingerprint density at radius 1 is 1.37 bits per heavy atom. The first kappa shape index (κ1) is 23.6. The Labute approximate surface area is 175 Å². The van der Waals surface area contributed by atoms with Crippen LogP contribution >= 0.6 is 0 Å². The summed E-state index contributed by atoms with van der Waals surface area (Å²) in [5.41, 5.74) is 1.82. The minimum absolute atomic E-state index is 0.0319. The fraction of sp³-hybridized carbons (Fsp3) is 0.500. The molecule has 0 saturated carbocycles. The van der Waals surface area contributed by atoms with Crippen molar-refractivity contribution in [1.82, 2.24) is 0 Å². The Morgan fingerprint density at radius 3 is 2.73 bits per heavy atom. The van der Waals surface area contributed by atoms with Crippen molar-refractivity contribution in [2.45, 2.75) is 45.3 Å².